The van der Waals surface area contributed by atoms with Crippen LogP contribution in [0.5, 0.6) is 5.88 Å². The normalized spacial score (nSPS) is 15.4. The second kappa shape index (κ2) is 9.73. The van der Waals surface area contributed by atoms with Crippen LogP contribution in [0.4, 0.5) is 10.5 Å². The van der Waals surface area contributed by atoms with Crippen molar-refractivity contribution in [2.24, 2.45) is 0 Å². The Hall–Kier alpha value is -4.21. The second-order valence-electron chi connectivity index (χ2n) is 6.96. The summed E-state index contributed by atoms with van der Waals surface area (Å²) in [5.74, 6) is -1.78. The van der Waals surface area contributed by atoms with Crippen molar-refractivity contribution < 1.29 is 29.0 Å². The molecule has 0 fully saturated rings. The SMILES string of the molecule is COc1ccc(-c2cccc(N(C(=O)NCCC(=O)O)C3C(=O)C=CN(C)C3=O)c2)cn1. The highest BCUT2D eigenvalue weighted by Gasteiger charge is 2.39. The number of nitrogens with one attached hydrogen (secondary N) is 1. The average Bonchev–Trinajstić information content (AvgIpc) is 2.79. The number of likely N-dealkylation sites (N-methyl/N-ethyl adjacent to an activating group) is 1. The Morgan fingerprint density at radius 3 is 2.66 bits per heavy atom. The van der Waals surface area contributed by atoms with E-state index in [0.29, 0.717) is 17.1 Å². The van der Waals surface area contributed by atoms with Crippen LogP contribution in [0, 0.1) is 0 Å². The van der Waals surface area contributed by atoms with Crippen molar-refractivity contribution in [1.29, 1.82) is 0 Å². The predicted octanol–water partition coefficient (Wildman–Crippen LogP) is 1.67. The van der Waals surface area contributed by atoms with Crippen LogP contribution in [-0.4, -0.2) is 65.4 Å². The number of hydrogen-bond donors (Lipinski definition) is 2. The molecule has 166 valence electrons. The summed E-state index contributed by atoms with van der Waals surface area (Å²) < 4.78 is 5.07. The van der Waals surface area contributed by atoms with Gasteiger partial charge >= 0.3 is 12.0 Å². The third-order valence-corrected chi connectivity index (χ3v) is 4.81. The molecular formula is C22H22N4O6. The number of aliphatic carboxylic acids is 1. The Morgan fingerprint density at radius 1 is 1.22 bits per heavy atom. The Morgan fingerprint density at radius 2 is 2.00 bits per heavy atom. The first-order chi connectivity index (χ1) is 15.3. The Labute approximate surface area is 184 Å². The predicted molar refractivity (Wildman–Crippen MR) is 115 cm³/mol. The molecule has 3 rings (SSSR count). The number of ketones is 1. The third-order valence-electron chi connectivity index (χ3n) is 4.81. The molecular weight excluding hydrogens is 416 g/mol. The molecule has 2 heterocycles. The first kappa shape index (κ1) is 22.5. The van der Waals surface area contributed by atoms with Crippen LogP contribution in [0.1, 0.15) is 6.42 Å². The summed E-state index contributed by atoms with van der Waals surface area (Å²) in [7, 11) is 2.99. The van der Waals surface area contributed by atoms with Gasteiger partial charge in [-0.1, -0.05) is 12.1 Å². The highest BCUT2D eigenvalue weighted by molar-refractivity contribution is 6.19. The number of rotatable bonds is 7. The van der Waals surface area contributed by atoms with E-state index < -0.39 is 29.7 Å². The minimum absolute atomic E-state index is 0.159. The number of nitrogens with zero attached hydrogens (tertiary/aromatic N) is 3. The summed E-state index contributed by atoms with van der Waals surface area (Å²) in [5, 5.41) is 11.3. The van der Waals surface area contributed by atoms with E-state index in [4.69, 9.17) is 9.84 Å². The molecule has 32 heavy (non-hydrogen) atoms. The van der Waals surface area contributed by atoms with Crippen molar-refractivity contribution in [3.63, 3.8) is 0 Å². The number of carboxylic acids is 1. The van der Waals surface area contributed by atoms with Gasteiger partial charge in [0.05, 0.1) is 13.5 Å². The van der Waals surface area contributed by atoms with Crippen LogP contribution in [0.15, 0.2) is 54.9 Å². The molecule has 10 nitrogen and oxygen atoms in total. The Bertz CT molecular complexity index is 1070. The maximum absolute atomic E-state index is 13.0. The Kier molecular flexibility index (Phi) is 6.83. The lowest BCUT2D eigenvalue weighted by atomic mass is 10.0. The number of pyridine rings is 1. The molecule has 1 aromatic heterocycles. The van der Waals surface area contributed by atoms with Gasteiger partial charge in [-0.2, -0.15) is 0 Å². The number of benzene rings is 1. The van der Waals surface area contributed by atoms with Crippen LogP contribution in [0.2, 0.25) is 0 Å². The summed E-state index contributed by atoms with van der Waals surface area (Å²) in [6, 6.07) is 8.02. The van der Waals surface area contributed by atoms with E-state index in [0.717, 1.165) is 10.5 Å². The number of carboxylic acid groups (broad SMARTS) is 1. The van der Waals surface area contributed by atoms with Gasteiger partial charge in [0.15, 0.2) is 11.8 Å². The fourth-order valence-corrected chi connectivity index (χ4v) is 3.15. The van der Waals surface area contributed by atoms with Crippen LogP contribution in [-0.2, 0) is 14.4 Å². The quantitative estimate of drug-likeness (QED) is 0.629. The summed E-state index contributed by atoms with van der Waals surface area (Å²) in [4.78, 5) is 55.6. The molecule has 10 heteroatoms. The number of anilines is 1. The van der Waals surface area contributed by atoms with Crippen LogP contribution >= 0.6 is 0 Å². The van der Waals surface area contributed by atoms with Gasteiger partial charge in [0.25, 0.3) is 5.91 Å². The second-order valence-corrected chi connectivity index (χ2v) is 6.96. The van der Waals surface area contributed by atoms with E-state index in [1.54, 1.807) is 42.6 Å². The van der Waals surface area contributed by atoms with Gasteiger partial charge in [0.1, 0.15) is 0 Å². The molecule has 2 N–H and O–H groups in total. The number of ether oxygens (including phenoxy) is 1. The first-order valence-electron chi connectivity index (χ1n) is 9.70. The molecule has 3 amide bonds. The fourth-order valence-electron chi connectivity index (χ4n) is 3.15. The molecule has 0 aliphatic carbocycles. The smallest absolute Gasteiger partial charge is 0.323 e. The molecule has 1 aliphatic rings. The first-order valence-corrected chi connectivity index (χ1v) is 9.70. The Balaban J connectivity index is 2.00. The minimum atomic E-state index is -1.42. The molecule has 1 aliphatic heterocycles. The number of carbonyl (C=O) groups is 4. The maximum Gasteiger partial charge on any atom is 0.323 e. The van der Waals surface area contributed by atoms with Gasteiger partial charge < -0.3 is 20.1 Å². The highest BCUT2D eigenvalue weighted by atomic mass is 16.5. The van der Waals surface area contributed by atoms with Gasteiger partial charge in [-0.05, 0) is 23.8 Å². The van der Waals surface area contributed by atoms with Gasteiger partial charge in [0, 0.05) is 49.4 Å². The van der Waals surface area contributed by atoms with Crippen molar-refractivity contribution in [1.82, 2.24) is 15.2 Å². The number of amides is 3. The lowest BCUT2D eigenvalue weighted by molar-refractivity contribution is -0.137. The molecule has 0 saturated heterocycles. The summed E-state index contributed by atoms with van der Waals surface area (Å²) in [5.41, 5.74) is 1.72. The van der Waals surface area contributed by atoms with Gasteiger partial charge in [-0.25, -0.2) is 9.78 Å². The average molecular weight is 438 g/mol. The topological polar surface area (TPSA) is 129 Å². The summed E-state index contributed by atoms with van der Waals surface area (Å²) in [6.07, 6.45) is 3.86. The van der Waals surface area contributed by atoms with Crippen molar-refractivity contribution in [3.8, 4) is 17.0 Å². The number of methoxy groups -OCH3 is 1. The van der Waals surface area contributed by atoms with E-state index in [2.05, 4.69) is 10.3 Å². The van der Waals surface area contributed by atoms with E-state index in [-0.39, 0.29) is 13.0 Å². The summed E-state index contributed by atoms with van der Waals surface area (Å²) in [6.45, 7) is -0.159. The fraction of sp³-hybridized carbons (Fsp3) is 0.227. The van der Waals surface area contributed by atoms with Gasteiger partial charge in [-0.15, -0.1) is 0 Å². The van der Waals surface area contributed by atoms with E-state index in [1.807, 2.05) is 0 Å². The van der Waals surface area contributed by atoms with Crippen LogP contribution < -0.4 is 15.0 Å². The zero-order chi connectivity index (χ0) is 23.3. The van der Waals surface area contributed by atoms with E-state index in [1.165, 1.54) is 31.3 Å². The maximum atomic E-state index is 13.0. The molecule has 0 bridgehead atoms. The number of urea groups is 1. The van der Waals surface area contributed by atoms with E-state index >= 15 is 0 Å². The van der Waals surface area contributed by atoms with E-state index in [9.17, 15) is 19.2 Å². The molecule has 2 aromatic rings. The van der Waals surface area contributed by atoms with Crippen LogP contribution in [0.25, 0.3) is 11.1 Å². The van der Waals surface area contributed by atoms with Crippen molar-refractivity contribution in [3.05, 3.63) is 54.9 Å². The molecule has 0 saturated carbocycles. The molecule has 1 aromatic carbocycles. The minimum Gasteiger partial charge on any atom is -0.481 e. The lowest BCUT2D eigenvalue weighted by Crippen LogP contribution is -2.57. The van der Waals surface area contributed by atoms with Gasteiger partial charge in [0.2, 0.25) is 5.88 Å². The molecule has 1 atom stereocenters. The van der Waals surface area contributed by atoms with Crippen molar-refractivity contribution in [2.45, 2.75) is 12.5 Å². The van der Waals surface area contributed by atoms with Crippen LogP contribution in [0.3, 0.4) is 0 Å². The summed E-state index contributed by atoms with van der Waals surface area (Å²) >= 11 is 0. The monoisotopic (exact) mass is 438 g/mol. The van der Waals surface area contributed by atoms with Gasteiger partial charge in [-0.3, -0.25) is 19.3 Å². The van der Waals surface area contributed by atoms with Crippen molar-refractivity contribution in [2.75, 3.05) is 25.6 Å². The molecule has 0 spiro atoms. The standard InChI is InChI=1S/C22H22N4O6/c1-25-11-9-17(27)20(21(25)30)26(22(31)23-10-8-19(28)29)16-5-3-4-14(12-16)15-6-7-18(32-2)24-13-15/h3-7,9,11-13,20H,8,10H2,1-2H3,(H,23,31)(H,28,29). The largest absolute Gasteiger partial charge is 0.481 e. The highest BCUT2D eigenvalue weighted by Crippen LogP contribution is 2.28. The lowest BCUT2D eigenvalue weighted by Gasteiger charge is -2.33. The zero-order valence-electron chi connectivity index (χ0n) is 17.5. The molecule has 0 radical (unpaired) electrons. The van der Waals surface area contributed by atoms with Crippen molar-refractivity contribution >= 4 is 29.4 Å². The number of hydrogen-bond acceptors (Lipinski definition) is 6. The molecule has 1 unspecified atom stereocenters. The third kappa shape index (κ3) is 4.91. The number of carbonyl (C=O) groups excluding carboxylic acids is 3. The number of aromatic nitrogens is 1. The zero-order valence-corrected chi connectivity index (χ0v) is 17.5.